The van der Waals surface area contributed by atoms with E-state index in [1.807, 2.05) is 25.1 Å². The summed E-state index contributed by atoms with van der Waals surface area (Å²) in [4.78, 5) is 18.5. The Balaban J connectivity index is 1.70. The number of hydrogen-bond donors (Lipinski definition) is 0. The molecule has 0 aromatic heterocycles. The number of halogens is 1. The Hall–Kier alpha value is -2.44. The van der Waals surface area contributed by atoms with Crippen LogP contribution in [-0.2, 0) is 11.3 Å². The number of carbonyl (C=O) groups excluding carboxylic acids is 1. The average molecular weight is 400 g/mol. The molecular weight excluding hydrogens is 369 g/mol. The van der Waals surface area contributed by atoms with Crippen molar-refractivity contribution in [2.24, 2.45) is 0 Å². The Kier molecular flexibility index (Phi) is 6.87. The Morgan fingerprint density at radius 3 is 2.48 bits per heavy atom. The van der Waals surface area contributed by atoms with Crippen molar-refractivity contribution in [2.75, 3.05) is 50.6 Å². The minimum absolute atomic E-state index is 0.172. The Labute approximate surface area is 172 Å². The van der Waals surface area contributed by atoms with Crippen molar-refractivity contribution in [3.05, 3.63) is 59.4 Å². The summed E-state index contributed by atoms with van der Waals surface area (Å²) in [7, 11) is 5.78. The van der Waals surface area contributed by atoms with Gasteiger partial charge < -0.3 is 19.4 Å². The monoisotopic (exact) mass is 399 g/mol. The molecule has 5 nitrogen and oxygen atoms in total. The number of hydrogen-bond acceptors (Lipinski definition) is 4. The molecule has 1 heterocycles. The largest absolute Gasteiger partial charge is 0.377 e. The van der Waals surface area contributed by atoms with Crippen molar-refractivity contribution < 1.29 is 13.9 Å². The van der Waals surface area contributed by atoms with Crippen molar-refractivity contribution in [1.82, 2.24) is 4.90 Å². The second-order valence-corrected chi connectivity index (χ2v) is 7.69. The third-order valence-corrected chi connectivity index (χ3v) is 5.53. The van der Waals surface area contributed by atoms with Gasteiger partial charge in [-0.15, -0.1) is 0 Å². The van der Waals surface area contributed by atoms with Gasteiger partial charge in [-0.3, -0.25) is 4.79 Å². The van der Waals surface area contributed by atoms with Crippen molar-refractivity contribution >= 4 is 17.3 Å². The Morgan fingerprint density at radius 2 is 1.90 bits per heavy atom. The van der Waals surface area contributed by atoms with Gasteiger partial charge in [0, 0.05) is 44.0 Å². The molecule has 156 valence electrons. The highest BCUT2D eigenvalue weighted by Gasteiger charge is 2.26. The van der Waals surface area contributed by atoms with Crippen molar-refractivity contribution in [3.8, 4) is 0 Å². The molecule has 0 saturated carbocycles. The molecule has 29 heavy (non-hydrogen) atoms. The maximum atomic E-state index is 14.8. The number of ether oxygens (including phenoxy) is 1. The van der Waals surface area contributed by atoms with Crippen LogP contribution < -0.4 is 9.80 Å². The van der Waals surface area contributed by atoms with Gasteiger partial charge in [0.15, 0.2) is 0 Å². The molecule has 1 fully saturated rings. The highest BCUT2D eigenvalue weighted by Crippen LogP contribution is 2.28. The van der Waals surface area contributed by atoms with Crippen LogP contribution in [0.1, 0.15) is 29.3 Å². The van der Waals surface area contributed by atoms with E-state index in [-0.39, 0.29) is 11.7 Å². The molecule has 0 N–H and O–H groups in total. The third kappa shape index (κ3) is 4.95. The molecule has 0 bridgehead atoms. The smallest absolute Gasteiger partial charge is 0.258 e. The SMILES string of the molecule is CCOCc1ccc(C(=O)N(C)c2ccc(N3CCC(N(C)C)C3)c(F)c2)cc1. The summed E-state index contributed by atoms with van der Waals surface area (Å²) in [5.74, 6) is -0.470. The maximum Gasteiger partial charge on any atom is 0.258 e. The van der Waals surface area contributed by atoms with Crippen LogP contribution in [0.15, 0.2) is 42.5 Å². The molecule has 2 aromatic rings. The lowest BCUT2D eigenvalue weighted by molar-refractivity contribution is 0.0992. The highest BCUT2D eigenvalue weighted by molar-refractivity contribution is 6.05. The number of likely N-dealkylation sites (N-methyl/N-ethyl adjacent to an activating group) is 1. The van der Waals surface area contributed by atoms with E-state index in [2.05, 4.69) is 23.9 Å². The number of amides is 1. The van der Waals surface area contributed by atoms with Crippen LogP contribution in [0.5, 0.6) is 0 Å². The van der Waals surface area contributed by atoms with Gasteiger partial charge in [0.25, 0.3) is 5.91 Å². The lowest BCUT2D eigenvalue weighted by Gasteiger charge is -2.23. The molecule has 1 atom stereocenters. The zero-order valence-corrected chi connectivity index (χ0v) is 17.7. The first kappa shape index (κ1) is 21.3. The lowest BCUT2D eigenvalue weighted by Crippen LogP contribution is -2.31. The summed E-state index contributed by atoms with van der Waals surface area (Å²) in [6.07, 6.45) is 1.02. The first-order valence-corrected chi connectivity index (χ1v) is 10.1. The molecule has 1 unspecified atom stereocenters. The molecular formula is C23H30FN3O2. The number of rotatable bonds is 7. The normalized spacial score (nSPS) is 16.5. The maximum absolute atomic E-state index is 14.8. The van der Waals surface area contributed by atoms with Crippen LogP contribution >= 0.6 is 0 Å². The topological polar surface area (TPSA) is 36.0 Å². The van der Waals surface area contributed by atoms with Gasteiger partial charge in [0.2, 0.25) is 0 Å². The summed E-state index contributed by atoms with van der Waals surface area (Å²) in [5, 5.41) is 0. The standard InChI is InChI=1S/C23H30FN3O2/c1-5-29-16-17-6-8-18(9-7-17)23(28)26(4)19-10-11-22(21(24)14-19)27-13-12-20(15-27)25(2)3/h6-11,14,20H,5,12-13,15-16H2,1-4H3. The molecule has 1 aliphatic heterocycles. The summed E-state index contributed by atoms with van der Waals surface area (Å²) in [6, 6.07) is 12.8. The van der Waals surface area contributed by atoms with Crippen LogP contribution in [-0.4, -0.2) is 57.7 Å². The third-order valence-electron chi connectivity index (χ3n) is 5.53. The van der Waals surface area contributed by atoms with Crippen molar-refractivity contribution in [3.63, 3.8) is 0 Å². The number of carbonyl (C=O) groups is 1. The predicted molar refractivity (Wildman–Crippen MR) is 115 cm³/mol. The van der Waals surface area contributed by atoms with Crippen LogP contribution in [0.3, 0.4) is 0 Å². The minimum Gasteiger partial charge on any atom is -0.377 e. The molecule has 1 aliphatic rings. The Morgan fingerprint density at radius 1 is 1.17 bits per heavy atom. The van der Waals surface area contributed by atoms with Crippen molar-refractivity contribution in [2.45, 2.75) is 26.0 Å². The van der Waals surface area contributed by atoms with Gasteiger partial charge in [0.1, 0.15) is 5.82 Å². The zero-order chi connectivity index (χ0) is 21.0. The molecule has 0 aliphatic carbocycles. The zero-order valence-electron chi connectivity index (χ0n) is 17.7. The van der Waals surface area contributed by atoms with Crippen molar-refractivity contribution in [1.29, 1.82) is 0 Å². The van der Waals surface area contributed by atoms with Gasteiger partial charge >= 0.3 is 0 Å². The minimum atomic E-state index is -0.298. The second kappa shape index (κ2) is 9.37. The first-order chi connectivity index (χ1) is 13.9. The van der Waals surface area contributed by atoms with E-state index in [0.717, 1.165) is 25.1 Å². The molecule has 2 aromatic carbocycles. The molecule has 6 heteroatoms. The average Bonchev–Trinajstić information content (AvgIpc) is 3.21. The van der Waals surface area contributed by atoms with Gasteiger partial charge in [-0.05, 0) is 63.3 Å². The summed E-state index contributed by atoms with van der Waals surface area (Å²) < 4.78 is 20.2. The Bertz CT molecular complexity index is 839. The molecule has 1 amide bonds. The molecule has 0 spiro atoms. The van der Waals surface area contributed by atoms with Gasteiger partial charge in [-0.25, -0.2) is 4.39 Å². The number of benzene rings is 2. The molecule has 1 saturated heterocycles. The van der Waals surface area contributed by atoms with E-state index < -0.39 is 0 Å². The summed E-state index contributed by atoms with van der Waals surface area (Å²) in [6.45, 7) is 4.77. The first-order valence-electron chi connectivity index (χ1n) is 10.1. The fraction of sp³-hybridized carbons (Fsp3) is 0.435. The van der Waals surface area contributed by atoms with Gasteiger partial charge in [0.05, 0.1) is 12.3 Å². The van der Waals surface area contributed by atoms with E-state index in [9.17, 15) is 9.18 Å². The van der Waals surface area contributed by atoms with E-state index in [4.69, 9.17) is 4.74 Å². The lowest BCUT2D eigenvalue weighted by atomic mass is 10.1. The summed E-state index contributed by atoms with van der Waals surface area (Å²) >= 11 is 0. The predicted octanol–water partition coefficient (Wildman–Crippen LogP) is 3.78. The van der Waals surface area contributed by atoms with Crippen LogP contribution in [0, 0.1) is 5.82 Å². The molecule has 0 radical (unpaired) electrons. The van der Waals surface area contributed by atoms with E-state index in [0.29, 0.717) is 36.2 Å². The fourth-order valence-electron chi connectivity index (χ4n) is 3.62. The fourth-order valence-corrected chi connectivity index (χ4v) is 3.62. The second-order valence-electron chi connectivity index (χ2n) is 7.69. The van der Waals surface area contributed by atoms with E-state index >= 15 is 0 Å². The van der Waals surface area contributed by atoms with Gasteiger partial charge in [-0.1, -0.05) is 12.1 Å². The number of anilines is 2. The van der Waals surface area contributed by atoms with E-state index in [1.54, 1.807) is 25.2 Å². The molecule has 3 rings (SSSR count). The quantitative estimate of drug-likeness (QED) is 0.710. The highest BCUT2D eigenvalue weighted by atomic mass is 19.1. The van der Waals surface area contributed by atoms with Crippen LogP contribution in [0.25, 0.3) is 0 Å². The summed E-state index contributed by atoms with van der Waals surface area (Å²) in [5.41, 5.74) is 2.71. The van der Waals surface area contributed by atoms with Crippen LogP contribution in [0.4, 0.5) is 15.8 Å². The van der Waals surface area contributed by atoms with Gasteiger partial charge in [-0.2, -0.15) is 0 Å². The number of nitrogens with zero attached hydrogens (tertiary/aromatic N) is 3. The van der Waals surface area contributed by atoms with E-state index in [1.165, 1.54) is 11.0 Å². The van der Waals surface area contributed by atoms with Crippen LogP contribution in [0.2, 0.25) is 0 Å².